The van der Waals surface area contributed by atoms with Crippen molar-refractivity contribution in [2.75, 3.05) is 37.8 Å². The van der Waals surface area contributed by atoms with Crippen molar-refractivity contribution >= 4 is 22.8 Å². The number of nitrogens with zero attached hydrogens (tertiary/aromatic N) is 4. The van der Waals surface area contributed by atoms with Gasteiger partial charge in [0.25, 0.3) is 0 Å². The van der Waals surface area contributed by atoms with Crippen LogP contribution in [0.5, 0.6) is 0 Å². The second-order valence-corrected chi connectivity index (χ2v) is 5.96. The van der Waals surface area contributed by atoms with E-state index in [-0.39, 0.29) is 6.04 Å². The Morgan fingerprint density at radius 1 is 1.23 bits per heavy atom. The zero-order chi connectivity index (χ0) is 15.9. The summed E-state index contributed by atoms with van der Waals surface area (Å²) in [5.74, 6) is 1.24. The van der Waals surface area contributed by atoms with Crippen molar-refractivity contribution < 1.29 is 5.11 Å². The predicted octanol–water partition coefficient (Wildman–Crippen LogP) is 0.770. The highest BCUT2D eigenvalue weighted by atomic mass is 16.3. The van der Waals surface area contributed by atoms with Gasteiger partial charge in [-0.25, -0.2) is 4.98 Å². The summed E-state index contributed by atoms with van der Waals surface area (Å²) in [5, 5.41) is 17.3. The van der Waals surface area contributed by atoms with E-state index in [1.165, 1.54) is 0 Å². The van der Waals surface area contributed by atoms with Crippen molar-refractivity contribution in [3.63, 3.8) is 0 Å². The summed E-state index contributed by atoms with van der Waals surface area (Å²) in [6.07, 6.45) is -0.422. The van der Waals surface area contributed by atoms with Crippen LogP contribution in [0.2, 0.25) is 0 Å². The molecule has 1 saturated heterocycles. The van der Waals surface area contributed by atoms with Crippen molar-refractivity contribution in [2.24, 2.45) is 0 Å². The van der Waals surface area contributed by atoms with Gasteiger partial charge in [0.2, 0.25) is 5.95 Å². The lowest BCUT2D eigenvalue weighted by atomic mass is 10.1. The van der Waals surface area contributed by atoms with E-state index in [9.17, 15) is 5.11 Å². The molecule has 1 fully saturated rings. The van der Waals surface area contributed by atoms with Crippen LogP contribution in [0.4, 0.5) is 11.8 Å². The Bertz CT molecular complexity index is 704. The monoisotopic (exact) mass is 302 g/mol. The Morgan fingerprint density at radius 3 is 2.64 bits per heavy atom. The van der Waals surface area contributed by atoms with Gasteiger partial charge in [-0.2, -0.15) is 9.97 Å². The van der Waals surface area contributed by atoms with Crippen molar-refractivity contribution in [1.82, 2.24) is 19.9 Å². The molecule has 0 unspecified atom stereocenters. The third kappa shape index (κ3) is 2.69. The Balaban J connectivity index is 2.00. The number of rotatable bonds is 3. The number of β-amino-alcohol motifs (C(OH)–C–C–N with tert-alkyl or cyclic N) is 1. The van der Waals surface area contributed by atoms with Gasteiger partial charge in [0, 0.05) is 25.8 Å². The third-order valence-corrected chi connectivity index (χ3v) is 4.01. The van der Waals surface area contributed by atoms with Crippen LogP contribution < -0.4 is 10.6 Å². The second-order valence-electron chi connectivity index (χ2n) is 5.96. The number of pyridine rings is 1. The van der Waals surface area contributed by atoms with Gasteiger partial charge < -0.3 is 20.6 Å². The number of hydrogen-bond donors (Lipinski definition) is 3. The van der Waals surface area contributed by atoms with Crippen molar-refractivity contribution in [1.29, 1.82) is 0 Å². The third-order valence-electron chi connectivity index (χ3n) is 4.01. The van der Waals surface area contributed by atoms with E-state index in [1.54, 1.807) is 0 Å². The molecular weight excluding hydrogens is 280 g/mol. The number of fused-ring (bicyclic) bond motifs is 1. The highest BCUT2D eigenvalue weighted by molar-refractivity contribution is 5.90. The molecule has 7 heteroatoms. The van der Waals surface area contributed by atoms with E-state index in [4.69, 9.17) is 0 Å². The van der Waals surface area contributed by atoms with Crippen molar-refractivity contribution in [3.8, 4) is 0 Å². The molecule has 0 saturated carbocycles. The summed E-state index contributed by atoms with van der Waals surface area (Å²) in [5.41, 5.74) is 2.69. The van der Waals surface area contributed by atoms with Gasteiger partial charge in [0.1, 0.15) is 5.82 Å². The minimum absolute atomic E-state index is 0.0712. The molecule has 3 rings (SSSR count). The molecule has 7 nitrogen and oxygen atoms in total. The maximum atomic E-state index is 10.1. The van der Waals surface area contributed by atoms with Gasteiger partial charge in [0.05, 0.1) is 17.5 Å². The quantitative estimate of drug-likeness (QED) is 0.772. The summed E-state index contributed by atoms with van der Waals surface area (Å²) in [7, 11) is 3.82. The first-order chi connectivity index (χ1) is 10.5. The lowest BCUT2D eigenvalue weighted by Gasteiger charge is -2.17. The Labute approximate surface area is 129 Å². The molecule has 2 atom stereocenters. The lowest BCUT2D eigenvalue weighted by Crippen LogP contribution is -2.32. The van der Waals surface area contributed by atoms with E-state index in [0.717, 1.165) is 29.0 Å². The first-order valence-corrected chi connectivity index (χ1v) is 7.45. The topological polar surface area (TPSA) is 86.2 Å². The van der Waals surface area contributed by atoms with Gasteiger partial charge in [-0.3, -0.25) is 0 Å². The number of hydrogen-bond acceptors (Lipinski definition) is 7. The first kappa shape index (κ1) is 14.9. The molecule has 0 aromatic carbocycles. The zero-order valence-corrected chi connectivity index (χ0v) is 13.4. The molecule has 118 valence electrons. The smallest absolute Gasteiger partial charge is 0.227 e. The highest BCUT2D eigenvalue weighted by Gasteiger charge is 2.29. The number of aliphatic hydroxyl groups excluding tert-OH is 1. The molecule has 3 N–H and O–H groups in total. The highest BCUT2D eigenvalue weighted by Crippen LogP contribution is 2.25. The fourth-order valence-electron chi connectivity index (χ4n) is 3.01. The van der Waals surface area contributed by atoms with Crippen LogP contribution in [-0.2, 0) is 0 Å². The largest absolute Gasteiger partial charge is 0.390 e. The van der Waals surface area contributed by atoms with Crippen molar-refractivity contribution in [3.05, 3.63) is 17.3 Å². The van der Waals surface area contributed by atoms with E-state index in [2.05, 4.69) is 30.5 Å². The number of nitrogens with one attached hydrogen (secondary N) is 2. The summed E-state index contributed by atoms with van der Waals surface area (Å²) in [6.45, 7) is 5.40. The molecule has 1 aliphatic heterocycles. The predicted molar refractivity (Wildman–Crippen MR) is 87.3 cm³/mol. The molecule has 0 aliphatic carbocycles. The summed E-state index contributed by atoms with van der Waals surface area (Å²) in [6, 6.07) is 1.95. The second kappa shape index (κ2) is 5.66. The van der Waals surface area contributed by atoms with Gasteiger partial charge >= 0.3 is 0 Å². The summed E-state index contributed by atoms with van der Waals surface area (Å²) >= 11 is 0. The standard InChI is InChI=1S/C15H22N6O/c1-8-5-9(2)17-14-12(8)13(16-3)19-15(20-14)18-10-6-21(4)7-11(10)22/h5,10-11,22H,6-7H2,1-4H3,(H2,16,17,18,19,20)/t10-,11-/m0/s1. The van der Waals surface area contributed by atoms with Crippen LogP contribution in [0.3, 0.4) is 0 Å². The molecule has 0 radical (unpaired) electrons. The summed E-state index contributed by atoms with van der Waals surface area (Å²) < 4.78 is 0. The molecule has 2 aromatic rings. The van der Waals surface area contributed by atoms with E-state index >= 15 is 0 Å². The van der Waals surface area contributed by atoms with Crippen LogP contribution in [0.25, 0.3) is 11.0 Å². The average Bonchev–Trinajstić information content (AvgIpc) is 2.75. The number of likely N-dealkylation sites (N-methyl/N-ethyl adjacent to an activating group) is 1. The Morgan fingerprint density at radius 2 is 2.00 bits per heavy atom. The van der Waals surface area contributed by atoms with E-state index in [1.807, 2.05) is 34.0 Å². The van der Waals surface area contributed by atoms with Crippen LogP contribution in [0.1, 0.15) is 11.3 Å². The van der Waals surface area contributed by atoms with Crippen LogP contribution in [0.15, 0.2) is 6.07 Å². The van der Waals surface area contributed by atoms with E-state index in [0.29, 0.717) is 18.1 Å². The molecule has 3 heterocycles. The van der Waals surface area contributed by atoms with Gasteiger partial charge in [-0.1, -0.05) is 0 Å². The number of aryl methyl sites for hydroxylation is 2. The first-order valence-electron chi connectivity index (χ1n) is 7.45. The Kier molecular flexibility index (Phi) is 3.84. The zero-order valence-electron chi connectivity index (χ0n) is 13.4. The minimum atomic E-state index is -0.422. The molecule has 2 aromatic heterocycles. The fraction of sp³-hybridized carbons (Fsp3) is 0.533. The van der Waals surface area contributed by atoms with Crippen LogP contribution in [-0.4, -0.2) is 64.3 Å². The molecule has 0 bridgehead atoms. The van der Waals surface area contributed by atoms with Gasteiger partial charge in [-0.05, 0) is 32.5 Å². The van der Waals surface area contributed by atoms with E-state index < -0.39 is 6.10 Å². The van der Waals surface area contributed by atoms with Crippen LogP contribution >= 0.6 is 0 Å². The lowest BCUT2D eigenvalue weighted by molar-refractivity contribution is 0.174. The van der Waals surface area contributed by atoms with Gasteiger partial charge in [0.15, 0.2) is 5.65 Å². The molecule has 0 spiro atoms. The summed E-state index contributed by atoms with van der Waals surface area (Å²) in [4.78, 5) is 15.6. The SMILES string of the molecule is CNc1nc(N[C@H]2CN(C)C[C@@H]2O)nc2nc(C)cc(C)c12. The number of aromatic nitrogens is 3. The van der Waals surface area contributed by atoms with Gasteiger partial charge in [-0.15, -0.1) is 0 Å². The molecule has 1 aliphatic rings. The maximum Gasteiger partial charge on any atom is 0.227 e. The number of anilines is 2. The normalized spacial score (nSPS) is 22.2. The molecule has 22 heavy (non-hydrogen) atoms. The molecular formula is C15H22N6O. The van der Waals surface area contributed by atoms with Crippen molar-refractivity contribution in [2.45, 2.75) is 26.0 Å². The minimum Gasteiger partial charge on any atom is -0.390 e. The number of aliphatic hydroxyl groups is 1. The van der Waals surface area contributed by atoms with Crippen LogP contribution in [0, 0.1) is 13.8 Å². The number of likely N-dealkylation sites (tertiary alicyclic amines) is 1. The Hall–Kier alpha value is -1.99. The average molecular weight is 302 g/mol. The fourth-order valence-corrected chi connectivity index (χ4v) is 3.01. The maximum absolute atomic E-state index is 10.1. The molecule has 0 amide bonds.